The third-order valence-corrected chi connectivity index (χ3v) is 10.3. The third kappa shape index (κ3) is 14.0. The van der Waals surface area contributed by atoms with E-state index in [0.717, 1.165) is 16.7 Å². The van der Waals surface area contributed by atoms with Crippen LogP contribution in [0, 0.1) is 5.92 Å². The maximum Gasteiger partial charge on any atom is 0.408 e. The van der Waals surface area contributed by atoms with E-state index in [1.54, 1.807) is 24.3 Å². The monoisotopic (exact) mass is 800 g/mol. The molecule has 1 aliphatic heterocycles. The van der Waals surface area contributed by atoms with Gasteiger partial charge in [0.05, 0.1) is 31.7 Å². The number of nitrogens with two attached hydrogens (primary N) is 1. The molecule has 3 aromatic carbocycles. The largest absolute Gasteiger partial charge is 0.467 e. The number of primary amides is 1. The third-order valence-electron chi connectivity index (χ3n) is 10.3. The molecule has 0 aromatic heterocycles. The van der Waals surface area contributed by atoms with Gasteiger partial charge in [-0.05, 0) is 48.4 Å². The van der Waals surface area contributed by atoms with Gasteiger partial charge in [-0.25, -0.2) is 9.59 Å². The molecule has 0 aliphatic carbocycles. The van der Waals surface area contributed by atoms with Crippen molar-refractivity contribution < 1.29 is 43.3 Å². The number of aliphatic hydroxyl groups excluding tert-OH is 1. The van der Waals surface area contributed by atoms with E-state index in [0.29, 0.717) is 25.8 Å². The summed E-state index contributed by atoms with van der Waals surface area (Å²) < 4.78 is 10.2. The van der Waals surface area contributed by atoms with Crippen LogP contribution in [0.4, 0.5) is 4.79 Å². The summed E-state index contributed by atoms with van der Waals surface area (Å²) in [6, 6.07) is 22.3. The Bertz CT molecular complexity index is 1800. The molecule has 7 atom stereocenters. The number of ether oxygens (including phenoxy) is 2. The van der Waals surface area contributed by atoms with Gasteiger partial charge in [0.2, 0.25) is 23.6 Å². The zero-order valence-electron chi connectivity index (χ0n) is 33.3. The Morgan fingerprint density at radius 1 is 0.793 bits per heavy atom. The van der Waals surface area contributed by atoms with Gasteiger partial charge in [0.1, 0.15) is 24.7 Å². The Labute approximate surface area is 339 Å². The van der Waals surface area contributed by atoms with Crippen molar-refractivity contribution in [1.82, 2.24) is 26.2 Å². The molecule has 1 aliphatic rings. The Morgan fingerprint density at radius 3 is 1.95 bits per heavy atom. The van der Waals surface area contributed by atoms with Gasteiger partial charge in [0.15, 0.2) is 0 Å². The SMILES string of the molecule is CCC(C)[C@H](NC(=O)[C@@H]1CCCN1CC(O)[C@H](Cc1ccccc1)NC(=O)[C@H](CC(N)=O)NC(=O)OCc1ccccc1)C(=O)N[C@@H](Cc1ccccc1)C(=O)OC. The summed E-state index contributed by atoms with van der Waals surface area (Å²) in [5.74, 6) is -3.43. The minimum atomic E-state index is -1.40. The van der Waals surface area contributed by atoms with Gasteiger partial charge in [0.25, 0.3) is 0 Å². The summed E-state index contributed by atoms with van der Waals surface area (Å²) in [6.07, 6.45) is -0.637. The quantitative estimate of drug-likeness (QED) is 0.0863. The van der Waals surface area contributed by atoms with Gasteiger partial charge in [-0.3, -0.25) is 24.1 Å². The number of nitrogens with zero attached hydrogens (tertiary/aromatic N) is 1. The highest BCUT2D eigenvalue weighted by atomic mass is 16.5. The average molecular weight is 801 g/mol. The lowest BCUT2D eigenvalue weighted by atomic mass is 9.96. The first kappa shape index (κ1) is 44.9. The molecule has 2 unspecified atom stereocenters. The number of alkyl carbamates (subject to hydrolysis) is 1. The van der Waals surface area contributed by atoms with Crippen molar-refractivity contribution in [2.45, 2.75) is 95.3 Å². The standard InChI is InChI=1S/C43H56N6O9/c1-4-28(2)38(41(54)46-34(42(55)57-3)24-30-17-10-6-11-18-30)48-40(53)35-21-14-22-49(35)26-36(50)32(23-29-15-8-5-9-16-29)45-39(52)33(25-37(44)51)47-43(56)58-27-31-19-12-7-13-20-31/h5-13,15-20,28,32-36,38,50H,4,14,21-27H2,1-3H3,(H2,44,51)(H,45,52)(H,46,54)(H,47,56)(H,48,53)/t28?,32-,33-,34-,35-,36?,38-/m0/s1. The first-order valence-electron chi connectivity index (χ1n) is 19.6. The molecule has 0 radical (unpaired) electrons. The molecule has 15 nitrogen and oxygen atoms in total. The van der Waals surface area contributed by atoms with Crippen LogP contribution in [0.3, 0.4) is 0 Å². The smallest absolute Gasteiger partial charge is 0.408 e. The van der Waals surface area contributed by atoms with Crippen molar-refractivity contribution in [2.24, 2.45) is 11.7 Å². The maximum atomic E-state index is 13.9. The van der Waals surface area contributed by atoms with Crippen LogP contribution in [0.5, 0.6) is 0 Å². The number of amides is 5. The zero-order chi connectivity index (χ0) is 42.0. The van der Waals surface area contributed by atoms with E-state index in [1.807, 2.05) is 85.5 Å². The van der Waals surface area contributed by atoms with Crippen LogP contribution in [0.25, 0.3) is 0 Å². The zero-order valence-corrected chi connectivity index (χ0v) is 33.3. The molecule has 5 amide bonds. The molecule has 4 rings (SSSR count). The average Bonchev–Trinajstić information content (AvgIpc) is 3.69. The minimum absolute atomic E-state index is 0.0232. The number of carbonyl (C=O) groups is 6. The van der Waals surface area contributed by atoms with E-state index < -0.39 is 78.4 Å². The van der Waals surface area contributed by atoms with E-state index in [1.165, 1.54) is 7.11 Å². The Kier molecular flexibility index (Phi) is 17.7. The van der Waals surface area contributed by atoms with E-state index in [-0.39, 0.29) is 31.9 Å². The number of rotatable bonds is 21. The van der Waals surface area contributed by atoms with E-state index >= 15 is 0 Å². The molecule has 58 heavy (non-hydrogen) atoms. The molecule has 1 heterocycles. The molecule has 1 saturated heterocycles. The van der Waals surface area contributed by atoms with Gasteiger partial charge in [-0.15, -0.1) is 0 Å². The van der Waals surface area contributed by atoms with Gasteiger partial charge in [0, 0.05) is 13.0 Å². The van der Waals surface area contributed by atoms with E-state index in [4.69, 9.17) is 15.2 Å². The topological polar surface area (TPSA) is 218 Å². The molecule has 7 N–H and O–H groups in total. The fourth-order valence-electron chi connectivity index (χ4n) is 6.86. The molecule has 312 valence electrons. The number of nitrogens with one attached hydrogen (secondary N) is 4. The molecule has 0 saturated carbocycles. The number of benzene rings is 3. The summed E-state index contributed by atoms with van der Waals surface area (Å²) in [6.45, 7) is 4.11. The molecule has 3 aromatic rings. The summed E-state index contributed by atoms with van der Waals surface area (Å²) in [5.41, 5.74) is 7.78. The van der Waals surface area contributed by atoms with Crippen molar-refractivity contribution in [2.75, 3.05) is 20.2 Å². The summed E-state index contributed by atoms with van der Waals surface area (Å²) in [7, 11) is 1.25. The van der Waals surface area contributed by atoms with Gasteiger partial charge < -0.3 is 41.6 Å². The van der Waals surface area contributed by atoms with Crippen LogP contribution in [-0.4, -0.2) is 102 Å². The second kappa shape index (κ2) is 22.8. The Morgan fingerprint density at radius 2 is 1.38 bits per heavy atom. The van der Waals surface area contributed by atoms with E-state index in [2.05, 4.69) is 21.3 Å². The fraction of sp³-hybridized carbons (Fsp3) is 0.442. The number of carbonyl (C=O) groups excluding carboxylic acids is 6. The van der Waals surface area contributed by atoms with Crippen LogP contribution >= 0.6 is 0 Å². The predicted molar refractivity (Wildman–Crippen MR) is 216 cm³/mol. The predicted octanol–water partition coefficient (Wildman–Crippen LogP) is 2.14. The highest BCUT2D eigenvalue weighted by molar-refractivity contribution is 5.93. The lowest BCUT2D eigenvalue weighted by molar-refractivity contribution is -0.145. The molecule has 1 fully saturated rings. The van der Waals surface area contributed by atoms with Crippen LogP contribution in [0.1, 0.15) is 56.2 Å². The second-order valence-electron chi connectivity index (χ2n) is 14.6. The lowest BCUT2D eigenvalue weighted by Gasteiger charge is -2.33. The van der Waals surface area contributed by atoms with Crippen molar-refractivity contribution in [3.05, 3.63) is 108 Å². The highest BCUT2D eigenvalue weighted by Gasteiger charge is 2.38. The van der Waals surface area contributed by atoms with Crippen LogP contribution < -0.4 is 27.0 Å². The number of likely N-dealkylation sites (tertiary alicyclic amines) is 1. The van der Waals surface area contributed by atoms with Gasteiger partial charge in [-0.2, -0.15) is 0 Å². The minimum Gasteiger partial charge on any atom is -0.467 e. The Hall–Kier alpha value is -5.80. The molecular weight excluding hydrogens is 745 g/mol. The van der Waals surface area contributed by atoms with Crippen LogP contribution in [0.15, 0.2) is 91.0 Å². The van der Waals surface area contributed by atoms with Gasteiger partial charge >= 0.3 is 12.1 Å². The second-order valence-corrected chi connectivity index (χ2v) is 14.6. The Balaban J connectivity index is 1.45. The number of hydrogen-bond donors (Lipinski definition) is 6. The molecule has 0 bridgehead atoms. The van der Waals surface area contributed by atoms with Crippen molar-refractivity contribution >= 4 is 35.7 Å². The van der Waals surface area contributed by atoms with E-state index in [9.17, 15) is 33.9 Å². The van der Waals surface area contributed by atoms with Crippen LogP contribution in [-0.2, 0) is 52.9 Å². The summed E-state index contributed by atoms with van der Waals surface area (Å²) in [5, 5.41) is 22.7. The van der Waals surface area contributed by atoms with Gasteiger partial charge in [-0.1, -0.05) is 111 Å². The first-order chi connectivity index (χ1) is 27.9. The summed E-state index contributed by atoms with van der Waals surface area (Å²) in [4.78, 5) is 80.6. The fourth-order valence-corrected chi connectivity index (χ4v) is 6.86. The number of hydrogen-bond acceptors (Lipinski definition) is 10. The molecular formula is C43H56N6O9. The number of aliphatic hydroxyl groups is 1. The highest BCUT2D eigenvalue weighted by Crippen LogP contribution is 2.21. The maximum absolute atomic E-state index is 13.9. The molecule has 15 heteroatoms. The number of methoxy groups -OCH3 is 1. The van der Waals surface area contributed by atoms with Crippen molar-refractivity contribution in [3.63, 3.8) is 0 Å². The lowest BCUT2D eigenvalue weighted by Crippen LogP contribution is -2.59. The first-order valence-corrected chi connectivity index (χ1v) is 19.6. The normalized spacial score (nSPS) is 17.0. The van der Waals surface area contributed by atoms with Crippen LogP contribution in [0.2, 0.25) is 0 Å². The summed E-state index contributed by atoms with van der Waals surface area (Å²) >= 11 is 0. The number of esters is 1. The molecule has 0 spiro atoms. The van der Waals surface area contributed by atoms with Crippen molar-refractivity contribution in [3.8, 4) is 0 Å². The van der Waals surface area contributed by atoms with Crippen molar-refractivity contribution in [1.29, 1.82) is 0 Å². The number of β-amino-alcohol motifs (C(OH)–C–C–N with tert-alkyl or cyclic N) is 1.